The maximum atomic E-state index is 9.26. The maximum absolute atomic E-state index is 9.26. The van der Waals surface area contributed by atoms with Gasteiger partial charge in [-0.05, 0) is 6.07 Å². The molecule has 64 valence electrons. The van der Waals surface area contributed by atoms with Crippen LogP contribution in [-0.2, 0) is 3.75 Å². The molecular formula is C6H7BBrNO3. The van der Waals surface area contributed by atoms with Crippen molar-refractivity contribution in [2.24, 2.45) is 0 Å². The van der Waals surface area contributed by atoms with Gasteiger partial charge in [-0.25, -0.2) is 0 Å². The molecule has 1 N–H and O–H groups in total. The van der Waals surface area contributed by atoms with E-state index < -0.39 is 7.12 Å². The van der Waals surface area contributed by atoms with Gasteiger partial charge in [0.25, 0.3) is 0 Å². The summed E-state index contributed by atoms with van der Waals surface area (Å²) in [5.41, 5.74) is 0.532. The third-order valence-corrected chi connectivity index (χ3v) is 1.74. The average Bonchev–Trinajstić information content (AvgIpc) is 2.16. The first kappa shape index (κ1) is 9.50. The van der Waals surface area contributed by atoms with Gasteiger partial charge in [-0.3, -0.25) is 4.98 Å². The molecule has 4 nitrogen and oxygen atoms in total. The molecule has 0 aliphatic carbocycles. The summed E-state index contributed by atoms with van der Waals surface area (Å²) in [4.78, 5) is 3.83. The van der Waals surface area contributed by atoms with E-state index in [0.717, 1.165) is 0 Å². The number of halogens is 1. The molecule has 0 amide bonds. The van der Waals surface area contributed by atoms with E-state index >= 15 is 0 Å². The fraction of sp³-hybridized carbons (Fsp3) is 0.167. The highest BCUT2D eigenvalue weighted by molar-refractivity contribution is 9.06. The monoisotopic (exact) mass is 231 g/mol. The van der Waals surface area contributed by atoms with Gasteiger partial charge in [-0.1, -0.05) is 0 Å². The first-order valence-electron chi connectivity index (χ1n) is 3.23. The summed E-state index contributed by atoms with van der Waals surface area (Å²) in [6.45, 7) is 0. The lowest BCUT2D eigenvalue weighted by Crippen LogP contribution is -2.31. The Labute approximate surface area is 79.1 Å². The minimum atomic E-state index is -1.04. The summed E-state index contributed by atoms with van der Waals surface area (Å²) >= 11 is 2.69. The summed E-state index contributed by atoms with van der Waals surface area (Å²) in [7, 11) is 0.463. The number of aromatic nitrogens is 1. The van der Waals surface area contributed by atoms with Gasteiger partial charge in [0.1, 0.15) is 5.75 Å². The first-order chi connectivity index (χ1) is 5.79. The maximum Gasteiger partial charge on any atom is 0.506 e. The van der Waals surface area contributed by atoms with Crippen LogP contribution in [0.25, 0.3) is 0 Å². The highest BCUT2D eigenvalue weighted by Crippen LogP contribution is 2.05. The van der Waals surface area contributed by atoms with Gasteiger partial charge in [-0.2, -0.15) is 0 Å². The van der Waals surface area contributed by atoms with Gasteiger partial charge >= 0.3 is 7.12 Å². The molecule has 0 bridgehead atoms. The minimum Gasteiger partial charge on any atom is -0.496 e. The van der Waals surface area contributed by atoms with Crippen LogP contribution in [0.2, 0.25) is 0 Å². The fourth-order valence-electron chi connectivity index (χ4n) is 0.813. The van der Waals surface area contributed by atoms with Crippen molar-refractivity contribution in [1.82, 2.24) is 4.98 Å². The van der Waals surface area contributed by atoms with Crippen LogP contribution >= 0.6 is 16.3 Å². The van der Waals surface area contributed by atoms with E-state index in [-0.39, 0.29) is 0 Å². The molecule has 0 aromatic carbocycles. The summed E-state index contributed by atoms with van der Waals surface area (Å²) in [5, 5.41) is 9.26. The summed E-state index contributed by atoms with van der Waals surface area (Å²) in [6.07, 6.45) is 3.05. The van der Waals surface area contributed by atoms with Crippen molar-refractivity contribution in [3.05, 3.63) is 18.5 Å². The Morgan fingerprint density at radius 1 is 1.67 bits per heavy atom. The van der Waals surface area contributed by atoms with Crippen molar-refractivity contribution in [3.8, 4) is 5.75 Å². The van der Waals surface area contributed by atoms with Gasteiger partial charge in [0.05, 0.1) is 29.6 Å². The minimum absolute atomic E-state index is 0.490. The Kier molecular flexibility index (Phi) is 3.52. The molecule has 1 aromatic heterocycles. The third-order valence-electron chi connectivity index (χ3n) is 1.39. The summed E-state index contributed by atoms with van der Waals surface area (Å²) < 4.78 is 9.48. The van der Waals surface area contributed by atoms with Crippen LogP contribution in [0.1, 0.15) is 0 Å². The van der Waals surface area contributed by atoms with Crippen LogP contribution in [0, 0.1) is 0 Å². The Hall–Kier alpha value is -0.585. The normalized spacial score (nSPS) is 9.58. The highest BCUT2D eigenvalue weighted by Gasteiger charge is 2.19. The van der Waals surface area contributed by atoms with Gasteiger partial charge in [-0.15, -0.1) is 0 Å². The van der Waals surface area contributed by atoms with Crippen molar-refractivity contribution >= 4 is 28.8 Å². The van der Waals surface area contributed by atoms with E-state index in [2.05, 4.69) is 25.0 Å². The predicted molar refractivity (Wildman–Crippen MR) is 48.4 cm³/mol. The van der Waals surface area contributed by atoms with E-state index in [1.807, 2.05) is 0 Å². The second-order valence-corrected chi connectivity index (χ2v) is 2.43. The van der Waals surface area contributed by atoms with Crippen LogP contribution in [-0.4, -0.2) is 24.2 Å². The molecule has 0 unspecified atom stereocenters. The van der Waals surface area contributed by atoms with Crippen LogP contribution in [0.3, 0.4) is 0 Å². The molecule has 0 radical (unpaired) electrons. The van der Waals surface area contributed by atoms with Crippen LogP contribution in [0.15, 0.2) is 18.5 Å². The van der Waals surface area contributed by atoms with E-state index in [4.69, 9.17) is 4.74 Å². The zero-order chi connectivity index (χ0) is 8.97. The van der Waals surface area contributed by atoms with Crippen molar-refractivity contribution in [2.75, 3.05) is 7.11 Å². The Balaban J connectivity index is 2.96. The number of methoxy groups -OCH3 is 1. The molecule has 0 fully saturated rings. The van der Waals surface area contributed by atoms with Crippen molar-refractivity contribution in [3.63, 3.8) is 0 Å². The second-order valence-electron chi connectivity index (χ2n) is 2.06. The lowest BCUT2D eigenvalue weighted by molar-refractivity contribution is 0.411. The molecule has 0 saturated heterocycles. The Morgan fingerprint density at radius 3 is 3.00 bits per heavy atom. The smallest absolute Gasteiger partial charge is 0.496 e. The summed E-state index contributed by atoms with van der Waals surface area (Å²) in [5.74, 6) is 0.490. The molecule has 6 heteroatoms. The van der Waals surface area contributed by atoms with Gasteiger partial charge in [0.2, 0.25) is 0 Å². The number of pyridine rings is 1. The topological polar surface area (TPSA) is 51.6 Å². The van der Waals surface area contributed by atoms with Crippen LogP contribution < -0.4 is 10.2 Å². The van der Waals surface area contributed by atoms with Crippen molar-refractivity contribution in [1.29, 1.82) is 0 Å². The Bertz CT molecular complexity index is 260. The van der Waals surface area contributed by atoms with E-state index in [1.165, 1.54) is 13.3 Å². The Morgan fingerprint density at radius 2 is 2.42 bits per heavy atom. The highest BCUT2D eigenvalue weighted by atomic mass is 79.9. The lowest BCUT2D eigenvalue weighted by atomic mass is 9.80. The number of ether oxygens (including phenoxy) is 1. The van der Waals surface area contributed by atoms with Gasteiger partial charge in [0.15, 0.2) is 0 Å². The zero-order valence-corrected chi connectivity index (χ0v) is 7.98. The molecule has 1 rings (SSSR count). The number of hydrogen-bond donors (Lipinski definition) is 1. The SMILES string of the molecule is COc1cnccc1B(O)OBr. The first-order valence-corrected chi connectivity index (χ1v) is 3.87. The molecule has 0 saturated carbocycles. The predicted octanol–water partition coefficient (Wildman–Crippen LogP) is 0.104. The van der Waals surface area contributed by atoms with Crippen LogP contribution in [0.4, 0.5) is 0 Å². The van der Waals surface area contributed by atoms with Crippen LogP contribution in [0.5, 0.6) is 5.75 Å². The molecule has 12 heavy (non-hydrogen) atoms. The molecule has 0 atom stereocenters. The lowest BCUT2D eigenvalue weighted by Gasteiger charge is -2.06. The van der Waals surface area contributed by atoms with Gasteiger partial charge in [0, 0.05) is 11.7 Å². The number of hydrogen-bond acceptors (Lipinski definition) is 4. The third kappa shape index (κ3) is 1.97. The van der Waals surface area contributed by atoms with Gasteiger partial charge < -0.3 is 13.5 Å². The summed E-state index contributed by atoms with van der Waals surface area (Å²) in [6, 6.07) is 1.62. The molecule has 1 heterocycles. The number of nitrogens with zero attached hydrogens (tertiary/aromatic N) is 1. The second kappa shape index (κ2) is 4.44. The standard InChI is InChI=1S/C6H7BBrNO3/c1-11-6-4-9-3-2-5(6)7(10)12-8/h2-4,10H,1H3. The average molecular weight is 232 g/mol. The molecule has 0 aliphatic rings. The molecule has 1 aromatic rings. The van der Waals surface area contributed by atoms with E-state index in [1.54, 1.807) is 12.3 Å². The quantitative estimate of drug-likeness (QED) is 0.751. The van der Waals surface area contributed by atoms with Crippen molar-refractivity contribution in [2.45, 2.75) is 0 Å². The largest absolute Gasteiger partial charge is 0.506 e. The zero-order valence-electron chi connectivity index (χ0n) is 6.40. The molecule has 0 aliphatic heterocycles. The molecule has 0 spiro atoms. The van der Waals surface area contributed by atoms with Crippen molar-refractivity contribution < 1.29 is 13.5 Å². The molecular weight excluding hydrogens is 225 g/mol. The number of rotatable bonds is 3. The fourth-order valence-corrected chi connectivity index (χ4v) is 1.01. The van der Waals surface area contributed by atoms with E-state index in [9.17, 15) is 5.02 Å². The van der Waals surface area contributed by atoms with E-state index in [0.29, 0.717) is 11.2 Å².